The Morgan fingerprint density at radius 1 is 1.54 bits per heavy atom. The lowest BCUT2D eigenvalue weighted by molar-refractivity contribution is 0.125. The maximum Gasteiger partial charge on any atom is 0.218 e. The van der Waals surface area contributed by atoms with Crippen LogP contribution in [0.5, 0.6) is 5.88 Å². The molecule has 1 aromatic heterocycles. The molecule has 2 N–H and O–H groups in total. The minimum absolute atomic E-state index is 0.494. The van der Waals surface area contributed by atoms with Crippen molar-refractivity contribution in [3.05, 3.63) is 23.9 Å². The highest BCUT2D eigenvalue weighted by atomic mass is 16.5. The summed E-state index contributed by atoms with van der Waals surface area (Å²) < 4.78 is 10.3. The first-order valence-electron chi connectivity index (χ1n) is 4.14. The number of methoxy groups -OCH3 is 1. The van der Waals surface area contributed by atoms with Gasteiger partial charge in [0.1, 0.15) is 0 Å². The maximum absolute atomic E-state index is 5.29. The van der Waals surface area contributed by atoms with Crippen LogP contribution < -0.4 is 10.5 Å². The molecule has 1 rings (SSSR count). The molecule has 0 atom stereocenters. The van der Waals surface area contributed by atoms with Crippen molar-refractivity contribution in [3.8, 4) is 5.88 Å². The molecule has 4 heteroatoms. The molecule has 1 aromatic rings. The first-order valence-corrected chi connectivity index (χ1v) is 4.14. The van der Waals surface area contributed by atoms with Gasteiger partial charge in [0.2, 0.25) is 5.88 Å². The molecule has 0 amide bonds. The van der Waals surface area contributed by atoms with Gasteiger partial charge in [-0.25, -0.2) is 4.98 Å². The standard InChI is InChI=1S/C9H14N2O2/c1-12-9-8(3-2-5-11-9)7-13-6-4-10/h2-3,5H,4,6-7,10H2,1H3. The highest BCUT2D eigenvalue weighted by Crippen LogP contribution is 2.13. The summed E-state index contributed by atoms with van der Waals surface area (Å²) in [6.45, 7) is 1.58. The SMILES string of the molecule is COc1ncccc1COCCN. The minimum Gasteiger partial charge on any atom is -0.481 e. The van der Waals surface area contributed by atoms with E-state index in [4.69, 9.17) is 15.2 Å². The molecule has 13 heavy (non-hydrogen) atoms. The van der Waals surface area contributed by atoms with Crippen molar-refractivity contribution >= 4 is 0 Å². The van der Waals surface area contributed by atoms with Gasteiger partial charge in [0.15, 0.2) is 0 Å². The van der Waals surface area contributed by atoms with Gasteiger partial charge >= 0.3 is 0 Å². The molecule has 0 aliphatic heterocycles. The van der Waals surface area contributed by atoms with Crippen molar-refractivity contribution in [2.75, 3.05) is 20.3 Å². The second-order valence-corrected chi connectivity index (χ2v) is 2.51. The molecule has 0 spiro atoms. The highest BCUT2D eigenvalue weighted by Gasteiger charge is 2.01. The van der Waals surface area contributed by atoms with E-state index in [-0.39, 0.29) is 0 Å². The number of aromatic nitrogens is 1. The molecule has 0 radical (unpaired) electrons. The monoisotopic (exact) mass is 182 g/mol. The lowest BCUT2D eigenvalue weighted by atomic mass is 10.3. The average Bonchev–Trinajstić information content (AvgIpc) is 2.19. The molecule has 0 bridgehead atoms. The van der Waals surface area contributed by atoms with Crippen LogP contribution in [-0.2, 0) is 11.3 Å². The summed E-state index contributed by atoms with van der Waals surface area (Å²) in [5.74, 6) is 0.611. The molecular formula is C9H14N2O2. The second-order valence-electron chi connectivity index (χ2n) is 2.51. The summed E-state index contributed by atoms with van der Waals surface area (Å²) in [6.07, 6.45) is 1.69. The molecule has 1 heterocycles. The number of hydrogen-bond acceptors (Lipinski definition) is 4. The number of pyridine rings is 1. The molecule has 4 nitrogen and oxygen atoms in total. The van der Waals surface area contributed by atoms with Crippen molar-refractivity contribution in [3.63, 3.8) is 0 Å². The predicted octanol–water partition coefficient (Wildman–Crippen LogP) is 0.566. The molecule has 0 aliphatic carbocycles. The van der Waals surface area contributed by atoms with E-state index in [9.17, 15) is 0 Å². The Bertz CT molecular complexity index is 253. The minimum atomic E-state index is 0.494. The Kier molecular flexibility index (Phi) is 4.21. The van der Waals surface area contributed by atoms with Gasteiger partial charge in [0.25, 0.3) is 0 Å². The first kappa shape index (κ1) is 9.95. The van der Waals surface area contributed by atoms with Gasteiger partial charge in [-0.05, 0) is 12.1 Å². The van der Waals surface area contributed by atoms with Crippen LogP contribution in [0, 0.1) is 0 Å². The molecule has 0 aliphatic rings. The molecule has 72 valence electrons. The zero-order valence-corrected chi connectivity index (χ0v) is 7.69. The number of nitrogens with two attached hydrogens (primary N) is 1. The van der Waals surface area contributed by atoms with Crippen molar-refractivity contribution in [1.82, 2.24) is 4.98 Å². The van der Waals surface area contributed by atoms with E-state index in [1.807, 2.05) is 12.1 Å². The van der Waals surface area contributed by atoms with Crippen molar-refractivity contribution in [2.45, 2.75) is 6.61 Å². The number of rotatable bonds is 5. The molecule has 0 saturated carbocycles. The summed E-state index contributed by atoms with van der Waals surface area (Å²) in [4.78, 5) is 4.04. The number of nitrogens with zero attached hydrogens (tertiary/aromatic N) is 1. The van der Waals surface area contributed by atoms with E-state index in [1.165, 1.54) is 0 Å². The molecule has 0 aromatic carbocycles. The lowest BCUT2D eigenvalue weighted by Gasteiger charge is -2.06. The maximum atomic E-state index is 5.29. The largest absolute Gasteiger partial charge is 0.481 e. The van der Waals surface area contributed by atoms with E-state index < -0.39 is 0 Å². The first-order chi connectivity index (χ1) is 6.38. The van der Waals surface area contributed by atoms with Crippen LogP contribution in [0.3, 0.4) is 0 Å². The second kappa shape index (κ2) is 5.50. The van der Waals surface area contributed by atoms with Crippen LogP contribution in [0.25, 0.3) is 0 Å². The normalized spacial score (nSPS) is 10.0. The van der Waals surface area contributed by atoms with Crippen molar-refractivity contribution in [1.29, 1.82) is 0 Å². The zero-order valence-electron chi connectivity index (χ0n) is 7.69. The summed E-state index contributed by atoms with van der Waals surface area (Å²) in [5, 5.41) is 0. The van der Waals surface area contributed by atoms with Gasteiger partial charge in [-0.3, -0.25) is 0 Å². The van der Waals surface area contributed by atoms with Crippen LogP contribution >= 0.6 is 0 Å². The zero-order chi connectivity index (χ0) is 9.52. The van der Waals surface area contributed by atoms with Gasteiger partial charge < -0.3 is 15.2 Å². The summed E-state index contributed by atoms with van der Waals surface area (Å²) in [7, 11) is 1.59. The van der Waals surface area contributed by atoms with E-state index in [2.05, 4.69) is 4.98 Å². The van der Waals surface area contributed by atoms with Crippen molar-refractivity contribution < 1.29 is 9.47 Å². The Labute approximate surface area is 77.7 Å². The fourth-order valence-electron chi connectivity index (χ4n) is 0.983. The van der Waals surface area contributed by atoms with Crippen molar-refractivity contribution in [2.24, 2.45) is 5.73 Å². The van der Waals surface area contributed by atoms with Gasteiger partial charge in [0.05, 0.1) is 20.3 Å². The Hall–Kier alpha value is -1.13. The fraction of sp³-hybridized carbons (Fsp3) is 0.444. The molecule has 0 saturated heterocycles. The average molecular weight is 182 g/mol. The fourth-order valence-corrected chi connectivity index (χ4v) is 0.983. The predicted molar refractivity (Wildman–Crippen MR) is 49.5 cm³/mol. The third-order valence-electron chi connectivity index (χ3n) is 1.56. The van der Waals surface area contributed by atoms with Crippen LogP contribution in [0.1, 0.15) is 5.56 Å². The smallest absolute Gasteiger partial charge is 0.218 e. The lowest BCUT2D eigenvalue weighted by Crippen LogP contribution is -2.08. The third-order valence-corrected chi connectivity index (χ3v) is 1.56. The summed E-state index contributed by atoms with van der Waals surface area (Å²) in [5.41, 5.74) is 6.23. The van der Waals surface area contributed by atoms with Gasteiger partial charge in [-0.2, -0.15) is 0 Å². The van der Waals surface area contributed by atoms with Gasteiger partial charge in [-0.1, -0.05) is 0 Å². The summed E-state index contributed by atoms with van der Waals surface area (Å²) in [6, 6.07) is 3.77. The molecule has 0 unspecified atom stereocenters. The van der Waals surface area contributed by atoms with Crippen LogP contribution in [0.15, 0.2) is 18.3 Å². The molecule has 0 fully saturated rings. The van der Waals surface area contributed by atoms with Crippen LogP contribution in [-0.4, -0.2) is 25.2 Å². The highest BCUT2D eigenvalue weighted by molar-refractivity contribution is 5.24. The van der Waals surface area contributed by atoms with Gasteiger partial charge in [0, 0.05) is 18.3 Å². The number of ether oxygens (including phenoxy) is 2. The Morgan fingerprint density at radius 2 is 2.38 bits per heavy atom. The van der Waals surface area contributed by atoms with E-state index in [0.29, 0.717) is 25.6 Å². The van der Waals surface area contributed by atoms with E-state index in [1.54, 1.807) is 13.3 Å². The van der Waals surface area contributed by atoms with Gasteiger partial charge in [-0.15, -0.1) is 0 Å². The van der Waals surface area contributed by atoms with Crippen LogP contribution in [0.2, 0.25) is 0 Å². The molecular weight excluding hydrogens is 168 g/mol. The Morgan fingerprint density at radius 3 is 3.08 bits per heavy atom. The summed E-state index contributed by atoms with van der Waals surface area (Å²) >= 11 is 0. The number of hydrogen-bond donors (Lipinski definition) is 1. The Balaban J connectivity index is 2.54. The van der Waals surface area contributed by atoms with E-state index >= 15 is 0 Å². The third kappa shape index (κ3) is 3.01. The van der Waals surface area contributed by atoms with E-state index in [0.717, 1.165) is 5.56 Å². The van der Waals surface area contributed by atoms with Crippen LogP contribution in [0.4, 0.5) is 0 Å². The topological polar surface area (TPSA) is 57.4 Å². The quantitative estimate of drug-likeness (QED) is 0.676.